The monoisotopic (exact) mass is 1830 g/mol. The zero-order valence-corrected chi connectivity index (χ0v) is 73.7. The van der Waals surface area contributed by atoms with E-state index in [1.54, 1.807) is 77.4 Å². The number of ether oxygens (including phenoxy) is 9. The molecule has 5 aliphatic heterocycles. The third-order valence-corrected chi connectivity index (χ3v) is 26.5. The topological polar surface area (TPSA) is 422 Å². The van der Waals surface area contributed by atoms with Crippen LogP contribution in [0.5, 0.6) is 40.2 Å². The first kappa shape index (κ1) is 90.9. The summed E-state index contributed by atoms with van der Waals surface area (Å²) in [5.41, 5.74) is 8.98. The minimum atomic E-state index is -5.10. The lowest BCUT2D eigenvalue weighted by molar-refractivity contribution is -0.916. The second-order valence-electron chi connectivity index (χ2n) is 31.8. The van der Waals surface area contributed by atoms with Gasteiger partial charge in [0.2, 0.25) is 6.29 Å². The number of aryl methyl sites for hydroxylation is 1. The fourth-order valence-corrected chi connectivity index (χ4v) is 19.2. The second-order valence-corrected chi connectivity index (χ2v) is 37.0. The highest BCUT2D eigenvalue weighted by Crippen LogP contribution is 2.43. The molecular formula is C90H95N10O24S4+. The van der Waals surface area contributed by atoms with Gasteiger partial charge in [0.1, 0.15) is 68.9 Å². The predicted molar refractivity (Wildman–Crippen MR) is 467 cm³/mol. The molecule has 38 heteroatoms. The van der Waals surface area contributed by atoms with Crippen LogP contribution in [0.4, 0.5) is 11.4 Å². The van der Waals surface area contributed by atoms with E-state index in [4.69, 9.17) is 61.0 Å². The predicted octanol–water partition coefficient (Wildman–Crippen LogP) is 8.52. The number of fused-ring (bicyclic) bond motifs is 6. The molecule has 128 heavy (non-hydrogen) atoms. The van der Waals surface area contributed by atoms with Gasteiger partial charge >= 0.3 is 10.4 Å². The molecule has 672 valence electrons. The van der Waals surface area contributed by atoms with E-state index in [9.17, 15) is 61.2 Å². The summed E-state index contributed by atoms with van der Waals surface area (Å²) in [4.78, 5) is 83.6. The largest absolute Gasteiger partial charge is 0.501 e. The fraction of sp³-hybridized carbons (Fsp3) is 0.344. The Morgan fingerprint density at radius 3 is 1.79 bits per heavy atom. The molecule has 1 unspecified atom stereocenters. The van der Waals surface area contributed by atoms with Crippen LogP contribution in [0, 0.1) is 6.92 Å². The molecule has 15 rings (SSSR count). The number of Topliss-reactive ketones (excluding diaryl/α,β-unsaturated/α-hetero) is 1. The number of rotatable bonds is 39. The first-order valence-corrected chi connectivity index (χ1v) is 45.8. The molecule has 7 atom stereocenters. The smallest absolute Gasteiger partial charge is 0.493 e. The van der Waals surface area contributed by atoms with Crippen molar-refractivity contribution in [3.05, 3.63) is 245 Å². The van der Waals surface area contributed by atoms with Gasteiger partial charge in [-0.2, -0.15) is 0 Å². The van der Waals surface area contributed by atoms with Crippen molar-refractivity contribution in [2.24, 2.45) is 9.98 Å². The number of carbonyl (C=O) groups is 5. The Morgan fingerprint density at radius 1 is 0.586 bits per heavy atom. The third kappa shape index (κ3) is 22.1. The lowest BCUT2D eigenvalue weighted by Gasteiger charge is -2.39. The van der Waals surface area contributed by atoms with Gasteiger partial charge in [-0.3, -0.25) is 34.0 Å². The van der Waals surface area contributed by atoms with E-state index in [2.05, 4.69) is 33.1 Å². The lowest BCUT2D eigenvalue weighted by atomic mass is 9.99. The Kier molecular flexibility index (Phi) is 28.5. The van der Waals surface area contributed by atoms with E-state index >= 15 is 0 Å². The number of ketones is 1. The number of quaternary nitrogens is 1. The van der Waals surface area contributed by atoms with Crippen molar-refractivity contribution in [2.45, 2.75) is 126 Å². The van der Waals surface area contributed by atoms with E-state index in [1.165, 1.54) is 83.3 Å². The van der Waals surface area contributed by atoms with Gasteiger partial charge < -0.3 is 96.3 Å². The molecule has 1 fully saturated rings. The number of aliphatic hydroxyl groups excluding tert-OH is 4. The zero-order valence-electron chi connectivity index (χ0n) is 70.4. The maximum atomic E-state index is 14.2. The highest BCUT2D eigenvalue weighted by atomic mass is 32.3. The van der Waals surface area contributed by atoms with Crippen LogP contribution in [0.15, 0.2) is 177 Å². The van der Waals surface area contributed by atoms with Crippen molar-refractivity contribution < 1.29 is 117 Å². The summed E-state index contributed by atoms with van der Waals surface area (Å²) < 4.78 is 120. The van der Waals surface area contributed by atoms with Gasteiger partial charge in [0, 0.05) is 101 Å². The number of thiophene rings is 2. The zero-order chi connectivity index (χ0) is 90.0. The quantitative estimate of drug-likeness (QED) is 0.00909. The van der Waals surface area contributed by atoms with E-state index in [0.717, 1.165) is 51.1 Å². The maximum absolute atomic E-state index is 14.2. The molecule has 0 spiro atoms. The van der Waals surface area contributed by atoms with Crippen LogP contribution < -0.4 is 42.7 Å². The van der Waals surface area contributed by atoms with Gasteiger partial charge in [-0.05, 0) is 149 Å². The molecule has 4 amide bonds. The fourth-order valence-electron chi connectivity index (χ4n) is 15.3. The minimum Gasteiger partial charge on any atom is -0.493 e. The van der Waals surface area contributed by atoms with E-state index in [-0.39, 0.29) is 135 Å². The van der Waals surface area contributed by atoms with Crippen LogP contribution in [0.25, 0.3) is 0 Å². The number of sulfone groups is 1. The lowest BCUT2D eigenvalue weighted by Crippen LogP contribution is -2.60. The first-order valence-electron chi connectivity index (χ1n) is 41.0. The summed E-state index contributed by atoms with van der Waals surface area (Å²) in [6.07, 6.45) is -2.32. The summed E-state index contributed by atoms with van der Waals surface area (Å²) in [6, 6.07) is 38.5. The van der Waals surface area contributed by atoms with Gasteiger partial charge in [-0.25, -0.2) is 13.1 Å². The number of aliphatic imine (C=N–C) groups is 2. The van der Waals surface area contributed by atoms with Crippen LogP contribution in [0.1, 0.15) is 113 Å². The Balaban J connectivity index is 0.549. The average molecular weight is 1830 g/mol. The number of nitrogens with one attached hydrogen (secondary N) is 2. The van der Waals surface area contributed by atoms with Crippen molar-refractivity contribution in [1.82, 2.24) is 35.4 Å². The van der Waals surface area contributed by atoms with Crippen LogP contribution in [-0.4, -0.2) is 232 Å². The van der Waals surface area contributed by atoms with Crippen molar-refractivity contribution in [3.8, 4) is 40.2 Å². The highest BCUT2D eigenvalue weighted by molar-refractivity contribution is 7.91. The normalized spacial score (nSPS) is 18.2. The van der Waals surface area contributed by atoms with Gasteiger partial charge in [-0.1, -0.05) is 35.0 Å². The SMILES string of the molecule is COc1cc2c(cc1OCc1cc(COc3cc4c(cc3OC)C(=O)N3Cc5ccsc5C[C@H]3C=N4)cc(C[N+](C)(C)Cc3ccc(OS(=O)(=O)Oc4cc(C(=O)NCCOCCn5cc(COCCOCNC(=O)c6ccc(C(=O)CCS(=O)(=O)c7ccc(C)cc7)cc6)nn5)ccc4OC4O[C@H](CO)[C@H](O)[C@H](O)[C@H]4O)cc3)c1)N=C[C@@H]1Cc3sccc3CN1C2=O. The van der Waals surface area contributed by atoms with E-state index in [1.807, 2.05) is 72.2 Å². The average Bonchev–Trinajstić information content (AvgIpc) is 1.56. The summed E-state index contributed by atoms with van der Waals surface area (Å²) >= 11 is 3.34. The number of carbonyl (C=O) groups excluding carboxylic acids is 5. The molecule has 0 radical (unpaired) electrons. The van der Waals surface area contributed by atoms with Crippen molar-refractivity contribution in [3.63, 3.8) is 0 Å². The van der Waals surface area contributed by atoms with E-state index < -0.39 is 80.9 Å². The molecule has 1 saturated heterocycles. The van der Waals surface area contributed by atoms with Crippen LogP contribution in [-0.2, 0) is 105 Å². The number of nitrogens with zero attached hydrogens (tertiary/aromatic N) is 8. The number of benzene rings is 7. The molecule has 0 aliphatic carbocycles. The first-order chi connectivity index (χ1) is 61.6. The number of aromatic nitrogens is 3. The number of methoxy groups -OCH3 is 2. The Morgan fingerprint density at radius 2 is 1.17 bits per heavy atom. The molecule has 34 nitrogen and oxygen atoms in total. The summed E-state index contributed by atoms with van der Waals surface area (Å²) in [7, 11) is -1.67. The standard InChI is InChI=1S/C90H94N10O24S4/c1-54-6-17-68(18-7-54)127(110,111)31-22-73(102)59-10-12-60(13-11-59)86(106)94-53-118-28-27-117-52-64-46-97(96-95-64)24-26-116-25-23-91-87(107)61-14-19-74(121-90-85(105)84(104)83(103)80(49-101)122-90)79(35-61)124-128(112,113)123-67-15-8-55(9-16-67)47-100(2,3)48-56-32-57(50-119-77-40-71-69(38-75(77)114-4)88(108)98-44-62-20-29-125-81(62)36-65(98)42-92-71)34-58(33-56)51-120-78-41-72-70(39-76(78)115-5)89(109)99-45-63-21-30-126-82(63)37-66(99)43-93-72/h6-21,29-30,32-35,38-43,46,65-66,80,83-85,90,101,103-105H,22-28,31,36-37,44-45,47-53H2,1-5H3,(H-,91,94,106,107)/p+1/t65-,66-,80+,83-,84-,85+,90?/m0/s1. The van der Waals surface area contributed by atoms with Gasteiger partial charge in [0.15, 0.2) is 50.1 Å². The minimum absolute atomic E-state index is 0.0179. The molecule has 0 saturated carbocycles. The maximum Gasteiger partial charge on any atom is 0.501 e. The number of aliphatic hydroxyl groups is 4. The molecule has 3 aromatic heterocycles. The molecular weight excluding hydrogens is 1730 g/mol. The Hall–Kier alpha value is -11.9. The summed E-state index contributed by atoms with van der Waals surface area (Å²) in [5, 5.41) is 59.5. The number of amides is 4. The summed E-state index contributed by atoms with van der Waals surface area (Å²) in [6.45, 7) is 3.63. The van der Waals surface area contributed by atoms with Crippen LogP contribution in [0.3, 0.4) is 0 Å². The van der Waals surface area contributed by atoms with Gasteiger partial charge in [0.25, 0.3) is 23.6 Å². The molecule has 6 N–H and O–H groups in total. The number of hydrogen-bond donors (Lipinski definition) is 6. The molecule has 8 heterocycles. The third-order valence-electron chi connectivity index (χ3n) is 22.0. The van der Waals surface area contributed by atoms with Crippen molar-refractivity contribution in [1.29, 1.82) is 0 Å². The Bertz CT molecular complexity index is 5870. The van der Waals surface area contributed by atoms with Gasteiger partial charge in [-0.15, -0.1) is 36.2 Å². The van der Waals surface area contributed by atoms with Crippen LogP contribution in [0.2, 0.25) is 0 Å². The summed E-state index contributed by atoms with van der Waals surface area (Å²) in [5.74, 6) is -1.96. The molecule has 7 aromatic carbocycles. The molecule has 5 aliphatic rings. The molecule has 0 bridgehead atoms. The van der Waals surface area contributed by atoms with Crippen molar-refractivity contribution in [2.75, 3.05) is 80.4 Å². The Labute approximate surface area is 745 Å². The highest BCUT2D eigenvalue weighted by Gasteiger charge is 2.46. The number of hydrogen-bond acceptors (Lipinski definition) is 30. The van der Waals surface area contributed by atoms with Crippen LogP contribution >= 0.6 is 22.7 Å². The van der Waals surface area contributed by atoms with E-state index in [0.29, 0.717) is 94.7 Å². The van der Waals surface area contributed by atoms with Gasteiger partial charge in [0.05, 0.1) is 126 Å². The second kappa shape index (κ2) is 40.2. The molecule has 10 aromatic rings. The van der Waals surface area contributed by atoms with Crippen molar-refractivity contribution >= 4 is 96.1 Å².